The predicted molar refractivity (Wildman–Crippen MR) is 194 cm³/mol. The van der Waals surface area contributed by atoms with Gasteiger partial charge >= 0.3 is 5.97 Å². The van der Waals surface area contributed by atoms with Gasteiger partial charge in [0, 0.05) is 98.1 Å². The van der Waals surface area contributed by atoms with E-state index in [0.29, 0.717) is 82.4 Å². The number of aliphatic hydroxyl groups is 1. The fourth-order valence-electron chi connectivity index (χ4n) is 5.53. The highest BCUT2D eigenvalue weighted by molar-refractivity contribution is 9.08. The molecule has 6 rings (SSSR count). The molecule has 19 heteroatoms. The van der Waals surface area contributed by atoms with Crippen molar-refractivity contribution in [3.63, 3.8) is 0 Å². The zero-order valence-electron chi connectivity index (χ0n) is 28.1. The largest absolute Gasteiger partial charge is 0.478 e. The summed E-state index contributed by atoms with van der Waals surface area (Å²) in [5.74, 6) is -1.17. The molecule has 0 aliphatic carbocycles. The van der Waals surface area contributed by atoms with Gasteiger partial charge < -0.3 is 39.1 Å². The van der Waals surface area contributed by atoms with Crippen LogP contribution in [0.2, 0.25) is 0 Å². The lowest BCUT2D eigenvalue weighted by Crippen LogP contribution is -2.36. The molecule has 3 aromatic rings. The van der Waals surface area contributed by atoms with Crippen LogP contribution >= 0.6 is 15.9 Å². The van der Waals surface area contributed by atoms with Gasteiger partial charge in [-0.15, -0.1) is 0 Å². The van der Waals surface area contributed by atoms with Crippen LogP contribution in [0.15, 0.2) is 54.6 Å². The Labute approximate surface area is 306 Å². The molecule has 0 unspecified atom stereocenters. The lowest BCUT2D eigenvalue weighted by molar-refractivity contribution is -0.385. The number of hydrogen-bond donors (Lipinski definition) is 2. The topological polar surface area (TPSA) is 224 Å². The summed E-state index contributed by atoms with van der Waals surface area (Å²) in [6, 6.07) is 13.8. The van der Waals surface area contributed by atoms with Crippen LogP contribution in [-0.2, 0) is 26.1 Å². The Bertz CT molecular complexity index is 1600. The monoisotopic (exact) mass is 790 g/mol. The molecule has 0 aromatic heterocycles. The molecule has 3 aliphatic heterocycles. The van der Waals surface area contributed by atoms with E-state index in [4.69, 9.17) is 24.4 Å². The lowest BCUT2D eigenvalue weighted by Gasteiger charge is -2.29. The molecule has 3 saturated heterocycles. The first-order valence-electron chi connectivity index (χ1n) is 16.2. The highest BCUT2D eigenvalue weighted by atomic mass is 79.9. The Morgan fingerprint density at radius 1 is 0.596 bits per heavy atom. The summed E-state index contributed by atoms with van der Waals surface area (Å²) in [4.78, 5) is 48.0. The van der Waals surface area contributed by atoms with Crippen molar-refractivity contribution in [3.05, 3.63) is 102 Å². The summed E-state index contributed by atoms with van der Waals surface area (Å²) in [6.45, 7) is 7.65. The van der Waals surface area contributed by atoms with Crippen LogP contribution in [-0.4, -0.2) is 110 Å². The van der Waals surface area contributed by atoms with Crippen molar-refractivity contribution in [1.82, 2.24) is 0 Å². The van der Waals surface area contributed by atoms with Gasteiger partial charge in [-0.3, -0.25) is 30.3 Å². The van der Waals surface area contributed by atoms with Gasteiger partial charge in [0.2, 0.25) is 0 Å². The summed E-state index contributed by atoms with van der Waals surface area (Å²) >= 11 is 3.33. The Balaban J connectivity index is 0.000000175. The predicted octanol–water partition coefficient (Wildman–Crippen LogP) is 4.38. The van der Waals surface area contributed by atoms with Crippen LogP contribution in [0.1, 0.15) is 21.5 Å². The average molecular weight is 792 g/mol. The van der Waals surface area contributed by atoms with E-state index < -0.39 is 15.8 Å². The molecular weight excluding hydrogens is 752 g/mol. The number of alkyl halides is 1. The number of carboxylic acid groups (broad SMARTS) is 1. The minimum atomic E-state index is -1.17. The van der Waals surface area contributed by atoms with E-state index in [0.717, 1.165) is 36.1 Å². The maximum Gasteiger partial charge on any atom is 0.336 e. The zero-order chi connectivity index (χ0) is 37.6. The molecule has 3 aromatic carbocycles. The smallest absolute Gasteiger partial charge is 0.336 e. The zero-order valence-corrected chi connectivity index (χ0v) is 29.7. The molecule has 0 amide bonds. The van der Waals surface area contributed by atoms with E-state index in [9.17, 15) is 35.1 Å². The van der Waals surface area contributed by atoms with Crippen LogP contribution in [0.4, 0.5) is 34.1 Å². The van der Waals surface area contributed by atoms with Gasteiger partial charge in [-0.05, 0) is 29.3 Å². The van der Waals surface area contributed by atoms with Crippen molar-refractivity contribution < 1.29 is 44.0 Å². The molecule has 18 nitrogen and oxygen atoms in total. The summed E-state index contributed by atoms with van der Waals surface area (Å²) in [7, 11) is 0. The minimum absolute atomic E-state index is 0.0121. The number of aromatic carboxylic acids is 1. The van der Waals surface area contributed by atoms with Crippen molar-refractivity contribution in [2.24, 2.45) is 0 Å². The van der Waals surface area contributed by atoms with Gasteiger partial charge in [0.1, 0.15) is 0 Å². The maximum atomic E-state index is 10.9. The van der Waals surface area contributed by atoms with Crippen LogP contribution < -0.4 is 14.7 Å². The SMILES string of the molecule is O=C(O)c1cc(N2CCOCC2)cc([N+](=O)[O-])c1.O=[N+]([O-])c1cc(CBr)cc(N2CCOCC2)c1.O=[N+]([O-])c1cc(CO)cc(N2CCOCC2)c1. The van der Waals surface area contributed by atoms with Gasteiger partial charge in [0.25, 0.3) is 17.1 Å². The third kappa shape index (κ3) is 11.5. The molecule has 0 spiro atoms. The third-order valence-electron chi connectivity index (χ3n) is 8.17. The maximum absolute atomic E-state index is 10.9. The van der Waals surface area contributed by atoms with Gasteiger partial charge in [0.05, 0.1) is 66.6 Å². The molecule has 3 fully saturated rings. The quantitative estimate of drug-likeness (QED) is 0.174. The first kappa shape index (κ1) is 39.8. The number of nitro benzene ring substituents is 3. The van der Waals surface area contributed by atoms with Crippen molar-refractivity contribution in [2.45, 2.75) is 11.9 Å². The average Bonchev–Trinajstić information content (AvgIpc) is 3.18. The molecule has 280 valence electrons. The van der Waals surface area contributed by atoms with Gasteiger partial charge in [-0.2, -0.15) is 0 Å². The van der Waals surface area contributed by atoms with Crippen LogP contribution in [0.5, 0.6) is 0 Å². The molecular formula is C33H39BrN6O12. The Hall–Kier alpha value is -4.95. The van der Waals surface area contributed by atoms with E-state index in [-0.39, 0.29) is 34.2 Å². The van der Waals surface area contributed by atoms with Crippen molar-refractivity contribution in [3.8, 4) is 0 Å². The molecule has 0 atom stereocenters. The molecule has 3 aliphatic rings. The van der Waals surface area contributed by atoms with Crippen molar-refractivity contribution in [2.75, 3.05) is 93.6 Å². The number of hydrogen-bond acceptors (Lipinski definition) is 14. The van der Waals surface area contributed by atoms with E-state index >= 15 is 0 Å². The summed E-state index contributed by atoms with van der Waals surface area (Å²) < 4.78 is 15.7. The molecule has 0 bridgehead atoms. The number of carboxylic acids is 1. The second kappa shape index (κ2) is 19.6. The normalized spacial score (nSPS) is 15.8. The molecule has 3 heterocycles. The van der Waals surface area contributed by atoms with Gasteiger partial charge in [0.15, 0.2) is 0 Å². The number of benzene rings is 3. The number of ether oxygens (including phenoxy) is 3. The summed E-state index contributed by atoms with van der Waals surface area (Å²) in [5.41, 5.74) is 3.55. The van der Waals surface area contributed by atoms with Crippen molar-refractivity contribution >= 4 is 56.0 Å². The fourth-order valence-corrected chi connectivity index (χ4v) is 5.85. The fraction of sp³-hybridized carbons (Fsp3) is 0.424. The van der Waals surface area contributed by atoms with Crippen molar-refractivity contribution in [1.29, 1.82) is 0 Å². The van der Waals surface area contributed by atoms with E-state index in [2.05, 4.69) is 20.8 Å². The summed E-state index contributed by atoms with van der Waals surface area (Å²) in [6.07, 6.45) is 0. The second-order valence-electron chi connectivity index (χ2n) is 11.6. The lowest BCUT2D eigenvalue weighted by atomic mass is 10.1. The third-order valence-corrected chi connectivity index (χ3v) is 8.82. The second-order valence-corrected chi connectivity index (χ2v) is 12.2. The molecule has 0 saturated carbocycles. The van der Waals surface area contributed by atoms with E-state index in [1.54, 1.807) is 18.2 Å². The molecule has 52 heavy (non-hydrogen) atoms. The number of rotatable bonds is 9. The first-order chi connectivity index (χ1) is 25.0. The first-order valence-corrected chi connectivity index (χ1v) is 17.4. The highest BCUT2D eigenvalue weighted by Gasteiger charge is 2.20. The van der Waals surface area contributed by atoms with Crippen LogP contribution in [0.3, 0.4) is 0 Å². The Morgan fingerprint density at radius 3 is 1.29 bits per heavy atom. The number of aliphatic hydroxyl groups excluding tert-OH is 1. The number of nitrogens with zero attached hydrogens (tertiary/aromatic N) is 6. The van der Waals surface area contributed by atoms with Gasteiger partial charge in [-0.25, -0.2) is 4.79 Å². The number of halogens is 1. The summed E-state index contributed by atoms with van der Waals surface area (Å²) in [5, 5.41) is 51.1. The number of nitro groups is 3. The number of morpholine rings is 3. The van der Waals surface area contributed by atoms with E-state index in [1.165, 1.54) is 24.3 Å². The Morgan fingerprint density at radius 2 is 0.942 bits per heavy atom. The molecule has 2 N–H and O–H groups in total. The highest BCUT2D eigenvalue weighted by Crippen LogP contribution is 2.27. The number of non-ortho nitro benzene ring substituents is 3. The van der Waals surface area contributed by atoms with E-state index in [1.807, 2.05) is 15.9 Å². The van der Waals surface area contributed by atoms with Gasteiger partial charge in [-0.1, -0.05) is 15.9 Å². The van der Waals surface area contributed by atoms with Crippen LogP contribution in [0.25, 0.3) is 0 Å². The Kier molecular flexibility index (Phi) is 15.0. The molecule has 0 radical (unpaired) electrons. The standard InChI is InChI=1S/C11H13BrN2O3.C11H12N2O5.C11H14N2O4/c12-8-9-5-10(7-11(6-9)14(15)16)13-1-3-17-4-2-13;14-11(15)8-5-9(7-10(6-8)13(16)17)12-1-3-18-4-2-12;14-8-9-5-10(7-11(6-9)13(15)16)12-1-3-17-4-2-12/h5-7H,1-4,8H2;5-7H,1-4H2,(H,14,15);5-7,14H,1-4,8H2. The minimum Gasteiger partial charge on any atom is -0.478 e. The number of anilines is 3. The number of carbonyl (C=O) groups is 1. The van der Waals surface area contributed by atoms with Crippen LogP contribution in [0, 0.1) is 30.3 Å².